The van der Waals surface area contributed by atoms with Crippen molar-refractivity contribution >= 4 is 5.57 Å². The van der Waals surface area contributed by atoms with E-state index in [-0.39, 0.29) is 6.10 Å². The number of aromatic nitrogens is 3. The predicted octanol–water partition coefficient (Wildman–Crippen LogP) is 3.91. The summed E-state index contributed by atoms with van der Waals surface area (Å²) in [6.45, 7) is 3.99. The van der Waals surface area contributed by atoms with Crippen molar-refractivity contribution in [2.75, 3.05) is 0 Å². The molecule has 2 aromatic heterocycles. The Bertz CT molecular complexity index is 899. The van der Waals surface area contributed by atoms with Gasteiger partial charge in [-0.05, 0) is 49.6 Å². The van der Waals surface area contributed by atoms with E-state index in [9.17, 15) is 0 Å². The van der Waals surface area contributed by atoms with Crippen LogP contribution in [0.4, 0.5) is 0 Å². The molecule has 1 aromatic carbocycles. The molecule has 0 N–H and O–H groups in total. The molecule has 0 radical (unpaired) electrons. The van der Waals surface area contributed by atoms with Crippen LogP contribution < -0.4 is 4.74 Å². The Balaban J connectivity index is 1.72. The van der Waals surface area contributed by atoms with Crippen LogP contribution >= 0.6 is 0 Å². The van der Waals surface area contributed by atoms with Crippen LogP contribution in [0.2, 0.25) is 0 Å². The van der Waals surface area contributed by atoms with Gasteiger partial charge in [0.2, 0.25) is 18.2 Å². The first-order valence-electron chi connectivity index (χ1n) is 7.95. The van der Waals surface area contributed by atoms with Crippen molar-refractivity contribution in [1.29, 1.82) is 0 Å². The molecule has 0 amide bonds. The Hall–Kier alpha value is -2.95. The monoisotopic (exact) mass is 319 g/mol. The van der Waals surface area contributed by atoms with Gasteiger partial charge in [-0.15, -0.1) is 10.2 Å². The fraction of sp³-hybridized carbons (Fsp3) is 0.211. The third kappa shape index (κ3) is 2.69. The Morgan fingerprint density at radius 1 is 1.17 bits per heavy atom. The van der Waals surface area contributed by atoms with Crippen molar-refractivity contribution in [3.63, 3.8) is 0 Å². The summed E-state index contributed by atoms with van der Waals surface area (Å²) in [5, 5.41) is 7.73. The van der Waals surface area contributed by atoms with Gasteiger partial charge < -0.3 is 9.15 Å². The lowest BCUT2D eigenvalue weighted by atomic mass is 10.00. The van der Waals surface area contributed by atoms with Crippen LogP contribution in [0, 0.1) is 0 Å². The van der Waals surface area contributed by atoms with Crippen molar-refractivity contribution in [2.45, 2.75) is 26.4 Å². The maximum Gasteiger partial charge on any atom is 0.247 e. The van der Waals surface area contributed by atoms with E-state index in [4.69, 9.17) is 9.15 Å². The number of ether oxygens (including phenoxy) is 1. The van der Waals surface area contributed by atoms with E-state index in [0.29, 0.717) is 11.8 Å². The third-order valence-electron chi connectivity index (χ3n) is 3.89. The molecule has 0 saturated carbocycles. The Kier molecular flexibility index (Phi) is 3.61. The van der Waals surface area contributed by atoms with E-state index in [2.05, 4.69) is 33.4 Å². The SMILES string of the molecule is CC(C)Oc1cccc(C2=CCc3ccc(-c4nnco4)cc32)n1. The summed E-state index contributed by atoms with van der Waals surface area (Å²) in [6, 6.07) is 12.1. The first kappa shape index (κ1) is 14.6. The molecule has 5 heteroatoms. The zero-order chi connectivity index (χ0) is 16.5. The molecule has 0 saturated heterocycles. The normalized spacial score (nSPS) is 13.0. The highest BCUT2D eigenvalue weighted by molar-refractivity contribution is 5.85. The van der Waals surface area contributed by atoms with Crippen molar-refractivity contribution in [2.24, 2.45) is 0 Å². The fourth-order valence-electron chi connectivity index (χ4n) is 2.87. The maximum atomic E-state index is 5.71. The number of hydrogen-bond donors (Lipinski definition) is 0. The maximum absolute atomic E-state index is 5.71. The minimum Gasteiger partial charge on any atom is -0.475 e. The van der Waals surface area contributed by atoms with Crippen LogP contribution in [0.3, 0.4) is 0 Å². The summed E-state index contributed by atoms with van der Waals surface area (Å²) in [7, 11) is 0. The molecule has 4 rings (SSSR count). The van der Waals surface area contributed by atoms with Crippen LogP contribution in [-0.4, -0.2) is 21.3 Å². The van der Waals surface area contributed by atoms with Crippen molar-refractivity contribution < 1.29 is 9.15 Å². The van der Waals surface area contributed by atoms with Gasteiger partial charge >= 0.3 is 0 Å². The van der Waals surface area contributed by atoms with E-state index >= 15 is 0 Å². The van der Waals surface area contributed by atoms with Crippen LogP contribution in [-0.2, 0) is 6.42 Å². The summed E-state index contributed by atoms with van der Waals surface area (Å²) in [5.41, 5.74) is 5.36. The average molecular weight is 319 g/mol. The average Bonchev–Trinajstić information content (AvgIpc) is 3.23. The molecule has 5 nitrogen and oxygen atoms in total. The minimum absolute atomic E-state index is 0.0988. The number of rotatable bonds is 4. The predicted molar refractivity (Wildman–Crippen MR) is 90.5 cm³/mol. The summed E-state index contributed by atoms with van der Waals surface area (Å²) >= 11 is 0. The molecule has 0 bridgehead atoms. The van der Waals surface area contributed by atoms with Crippen LogP contribution in [0.15, 0.2) is 53.3 Å². The molecule has 2 heterocycles. The largest absolute Gasteiger partial charge is 0.475 e. The van der Waals surface area contributed by atoms with Crippen LogP contribution in [0.25, 0.3) is 17.0 Å². The van der Waals surface area contributed by atoms with Crippen LogP contribution in [0.1, 0.15) is 30.7 Å². The van der Waals surface area contributed by atoms with Crippen molar-refractivity contribution in [3.05, 3.63) is 65.7 Å². The number of fused-ring (bicyclic) bond motifs is 1. The van der Waals surface area contributed by atoms with Crippen molar-refractivity contribution in [3.8, 4) is 17.3 Å². The second-order valence-electron chi connectivity index (χ2n) is 5.97. The molecule has 3 aromatic rings. The molecule has 0 fully saturated rings. The minimum atomic E-state index is 0.0988. The van der Waals surface area contributed by atoms with Gasteiger partial charge in [-0.2, -0.15) is 0 Å². The van der Waals surface area contributed by atoms with E-state index < -0.39 is 0 Å². The van der Waals surface area contributed by atoms with Crippen LogP contribution in [0.5, 0.6) is 5.88 Å². The zero-order valence-electron chi connectivity index (χ0n) is 13.6. The first-order valence-corrected chi connectivity index (χ1v) is 7.95. The topological polar surface area (TPSA) is 61.0 Å². The molecule has 120 valence electrons. The second-order valence-corrected chi connectivity index (χ2v) is 5.97. The third-order valence-corrected chi connectivity index (χ3v) is 3.89. The van der Waals surface area contributed by atoms with Gasteiger partial charge in [-0.1, -0.05) is 18.2 Å². The molecule has 0 aliphatic heterocycles. The first-order chi connectivity index (χ1) is 11.7. The summed E-state index contributed by atoms with van der Waals surface area (Å²) in [4.78, 5) is 4.64. The van der Waals surface area contributed by atoms with Crippen molar-refractivity contribution in [1.82, 2.24) is 15.2 Å². The highest BCUT2D eigenvalue weighted by atomic mass is 16.5. The van der Waals surface area contributed by atoms with E-state index in [1.807, 2.05) is 38.1 Å². The summed E-state index contributed by atoms with van der Waals surface area (Å²) in [6.07, 6.45) is 4.53. The summed E-state index contributed by atoms with van der Waals surface area (Å²) in [5.74, 6) is 1.17. The Morgan fingerprint density at radius 2 is 2.08 bits per heavy atom. The second kappa shape index (κ2) is 5.92. The van der Waals surface area contributed by atoms with E-state index in [1.165, 1.54) is 12.0 Å². The molecular weight excluding hydrogens is 302 g/mol. The van der Waals surface area contributed by atoms with Gasteiger partial charge in [0.05, 0.1) is 11.8 Å². The van der Waals surface area contributed by atoms with Gasteiger partial charge in [-0.3, -0.25) is 0 Å². The fourth-order valence-corrected chi connectivity index (χ4v) is 2.87. The standard InChI is InChI=1S/C19H17N3O2/c1-12(2)24-18-5-3-4-17(21-18)15-9-8-13-6-7-14(10-16(13)15)19-22-20-11-23-19/h3-7,9-12H,8H2,1-2H3. The zero-order valence-corrected chi connectivity index (χ0v) is 13.6. The molecule has 0 spiro atoms. The number of benzene rings is 1. The quantitative estimate of drug-likeness (QED) is 0.729. The van der Waals surface area contributed by atoms with Gasteiger partial charge in [0.1, 0.15) is 0 Å². The number of allylic oxidation sites excluding steroid dienone is 1. The molecule has 1 aliphatic carbocycles. The van der Waals surface area contributed by atoms with Gasteiger partial charge in [0.25, 0.3) is 0 Å². The molecule has 0 unspecified atom stereocenters. The lowest BCUT2D eigenvalue weighted by Gasteiger charge is -2.11. The Morgan fingerprint density at radius 3 is 2.88 bits per heavy atom. The molecule has 24 heavy (non-hydrogen) atoms. The Labute approximate surface area is 140 Å². The van der Waals surface area contributed by atoms with E-state index in [1.54, 1.807) is 0 Å². The lowest BCUT2D eigenvalue weighted by molar-refractivity contribution is 0.232. The number of pyridine rings is 1. The molecule has 0 atom stereocenters. The lowest BCUT2D eigenvalue weighted by Crippen LogP contribution is -2.07. The van der Waals surface area contributed by atoms with E-state index in [0.717, 1.165) is 28.8 Å². The highest BCUT2D eigenvalue weighted by Crippen LogP contribution is 2.35. The molecule has 1 aliphatic rings. The smallest absolute Gasteiger partial charge is 0.247 e. The number of nitrogens with zero attached hydrogens (tertiary/aromatic N) is 3. The highest BCUT2D eigenvalue weighted by Gasteiger charge is 2.19. The molecular formula is C19H17N3O2. The van der Waals surface area contributed by atoms with Gasteiger partial charge in [0.15, 0.2) is 0 Å². The van der Waals surface area contributed by atoms with Gasteiger partial charge in [-0.25, -0.2) is 4.98 Å². The number of hydrogen-bond acceptors (Lipinski definition) is 5. The summed E-state index contributed by atoms with van der Waals surface area (Å²) < 4.78 is 11.0. The van der Waals surface area contributed by atoms with Gasteiger partial charge in [0, 0.05) is 17.2 Å².